The van der Waals surface area contributed by atoms with Crippen molar-refractivity contribution >= 4 is 17.1 Å². The molecule has 5 heteroatoms. The highest BCUT2D eigenvalue weighted by atomic mass is 15.4. The van der Waals surface area contributed by atoms with Crippen molar-refractivity contribution in [3.05, 3.63) is 5.69 Å². The minimum atomic E-state index is 0.551. The average Bonchev–Trinajstić information content (AvgIpc) is 2.83. The fraction of sp³-hybridized carbons (Fsp3) is 0.556. The lowest BCUT2D eigenvalue weighted by atomic mass is 10.4. The number of aryl methyl sites for hydroxylation is 2. The van der Waals surface area contributed by atoms with Gasteiger partial charge in [0.15, 0.2) is 5.65 Å². The first-order chi connectivity index (χ1) is 6.68. The number of anilines is 1. The quantitative estimate of drug-likeness (QED) is 0.731. The van der Waals surface area contributed by atoms with Gasteiger partial charge < -0.3 is 5.73 Å². The molecule has 3 rings (SSSR count). The summed E-state index contributed by atoms with van der Waals surface area (Å²) in [6, 6.07) is 0.551. The molecule has 0 saturated heterocycles. The molecule has 2 N–H and O–H groups in total. The van der Waals surface area contributed by atoms with E-state index in [1.807, 2.05) is 18.7 Å². The van der Waals surface area contributed by atoms with Crippen molar-refractivity contribution in [3.8, 4) is 0 Å². The molecule has 0 aromatic carbocycles. The van der Waals surface area contributed by atoms with Crippen LogP contribution < -0.4 is 5.73 Å². The molecule has 0 bridgehead atoms. The molecule has 0 atom stereocenters. The largest absolute Gasteiger partial charge is 0.369 e. The topological polar surface area (TPSA) is 61.7 Å². The Balaban J connectivity index is 2.39. The van der Waals surface area contributed by atoms with Gasteiger partial charge in [0.05, 0.1) is 5.69 Å². The maximum absolute atomic E-state index is 5.89. The van der Waals surface area contributed by atoms with Crippen LogP contribution in [0.15, 0.2) is 0 Å². The van der Waals surface area contributed by atoms with E-state index in [9.17, 15) is 0 Å². The summed E-state index contributed by atoms with van der Waals surface area (Å²) in [4.78, 5) is 4.35. The summed E-state index contributed by atoms with van der Waals surface area (Å²) in [6.07, 6.45) is 2.42. The Morgan fingerprint density at radius 3 is 2.79 bits per heavy atom. The van der Waals surface area contributed by atoms with Gasteiger partial charge in [-0.1, -0.05) is 0 Å². The summed E-state index contributed by atoms with van der Waals surface area (Å²) < 4.78 is 3.97. The highest BCUT2D eigenvalue weighted by Gasteiger charge is 2.29. The van der Waals surface area contributed by atoms with Crippen LogP contribution in [0.3, 0.4) is 0 Å². The first kappa shape index (κ1) is 7.84. The van der Waals surface area contributed by atoms with Crippen LogP contribution in [-0.4, -0.2) is 19.3 Å². The Kier molecular flexibility index (Phi) is 1.28. The molecular formula is C9H13N5. The number of nitrogens with zero attached hydrogens (tertiary/aromatic N) is 4. The predicted octanol–water partition coefficient (Wildman–Crippen LogP) is 0.995. The van der Waals surface area contributed by atoms with Gasteiger partial charge in [0.1, 0.15) is 5.52 Å². The second-order valence-electron chi connectivity index (χ2n) is 3.95. The number of nitrogens with two attached hydrogens (primary N) is 1. The Hall–Kier alpha value is -1.52. The van der Waals surface area contributed by atoms with E-state index in [-0.39, 0.29) is 0 Å². The van der Waals surface area contributed by atoms with Crippen LogP contribution in [0.2, 0.25) is 0 Å². The van der Waals surface area contributed by atoms with Gasteiger partial charge in [-0.3, -0.25) is 9.25 Å². The first-order valence-corrected chi connectivity index (χ1v) is 4.85. The van der Waals surface area contributed by atoms with Crippen molar-refractivity contribution in [2.45, 2.75) is 25.8 Å². The van der Waals surface area contributed by atoms with Crippen LogP contribution in [0.1, 0.15) is 24.6 Å². The number of aromatic nitrogens is 4. The SMILES string of the molecule is Cc1nn(C)c2c1nc(N)n2C1CC1. The van der Waals surface area contributed by atoms with Gasteiger partial charge >= 0.3 is 0 Å². The molecular weight excluding hydrogens is 178 g/mol. The number of hydrogen-bond acceptors (Lipinski definition) is 3. The van der Waals surface area contributed by atoms with Gasteiger partial charge in [0.25, 0.3) is 0 Å². The highest BCUT2D eigenvalue weighted by Crippen LogP contribution is 2.39. The normalized spacial score (nSPS) is 16.7. The zero-order valence-corrected chi connectivity index (χ0v) is 8.36. The summed E-state index contributed by atoms with van der Waals surface area (Å²) in [6.45, 7) is 1.96. The smallest absolute Gasteiger partial charge is 0.202 e. The Morgan fingerprint density at radius 1 is 1.43 bits per heavy atom. The minimum absolute atomic E-state index is 0.551. The molecule has 0 unspecified atom stereocenters. The van der Waals surface area contributed by atoms with Crippen molar-refractivity contribution in [2.75, 3.05) is 5.73 Å². The standard InChI is InChI=1S/C9H13N5/c1-5-7-8(13(2)12-5)14(6-3-4-6)9(10)11-7/h6H,3-4H2,1-2H3,(H2,10,11). The van der Waals surface area contributed by atoms with Gasteiger partial charge in [-0.2, -0.15) is 5.10 Å². The lowest BCUT2D eigenvalue weighted by molar-refractivity contribution is 0.703. The van der Waals surface area contributed by atoms with Gasteiger partial charge in [0.2, 0.25) is 5.95 Å². The van der Waals surface area contributed by atoms with E-state index in [4.69, 9.17) is 5.73 Å². The summed E-state index contributed by atoms with van der Waals surface area (Å²) in [5.41, 5.74) is 8.84. The molecule has 1 fully saturated rings. The molecule has 1 saturated carbocycles. The van der Waals surface area contributed by atoms with E-state index in [0.717, 1.165) is 16.9 Å². The number of imidazole rings is 1. The second-order valence-corrected chi connectivity index (χ2v) is 3.95. The van der Waals surface area contributed by atoms with E-state index in [0.29, 0.717) is 12.0 Å². The molecule has 0 radical (unpaired) electrons. The third kappa shape index (κ3) is 0.840. The van der Waals surface area contributed by atoms with Crippen LogP contribution in [0.25, 0.3) is 11.2 Å². The maximum atomic E-state index is 5.89. The summed E-state index contributed by atoms with van der Waals surface area (Å²) in [7, 11) is 1.94. The molecule has 2 heterocycles. The van der Waals surface area contributed by atoms with Gasteiger partial charge in [-0.25, -0.2) is 4.98 Å². The monoisotopic (exact) mass is 191 g/mol. The number of fused-ring (bicyclic) bond motifs is 1. The number of hydrogen-bond donors (Lipinski definition) is 1. The van der Waals surface area contributed by atoms with Crippen molar-refractivity contribution in [2.24, 2.45) is 7.05 Å². The van der Waals surface area contributed by atoms with Crippen LogP contribution in [-0.2, 0) is 7.05 Å². The second kappa shape index (κ2) is 2.29. The molecule has 0 spiro atoms. The van der Waals surface area contributed by atoms with Crippen LogP contribution in [0.5, 0.6) is 0 Å². The highest BCUT2D eigenvalue weighted by molar-refractivity contribution is 5.77. The summed E-state index contributed by atoms with van der Waals surface area (Å²) >= 11 is 0. The van der Waals surface area contributed by atoms with Crippen LogP contribution in [0, 0.1) is 6.92 Å². The van der Waals surface area contributed by atoms with Gasteiger partial charge in [-0.15, -0.1) is 0 Å². The molecule has 2 aromatic rings. The van der Waals surface area contributed by atoms with E-state index < -0.39 is 0 Å². The van der Waals surface area contributed by atoms with Crippen molar-refractivity contribution in [1.29, 1.82) is 0 Å². The summed E-state index contributed by atoms with van der Waals surface area (Å²) in [5, 5.41) is 4.34. The van der Waals surface area contributed by atoms with Gasteiger partial charge in [0, 0.05) is 13.1 Å². The molecule has 0 amide bonds. The zero-order valence-electron chi connectivity index (χ0n) is 8.36. The van der Waals surface area contributed by atoms with Gasteiger partial charge in [-0.05, 0) is 19.8 Å². The third-order valence-electron chi connectivity index (χ3n) is 2.77. The zero-order chi connectivity index (χ0) is 9.87. The predicted molar refractivity (Wildman–Crippen MR) is 53.9 cm³/mol. The van der Waals surface area contributed by atoms with E-state index in [1.54, 1.807) is 0 Å². The molecule has 2 aromatic heterocycles. The third-order valence-corrected chi connectivity index (χ3v) is 2.77. The Labute approximate surface area is 81.5 Å². The number of nitrogen functional groups attached to an aromatic ring is 1. The lowest BCUT2D eigenvalue weighted by Crippen LogP contribution is -2.04. The van der Waals surface area contributed by atoms with E-state index in [1.165, 1.54) is 12.8 Å². The fourth-order valence-electron chi connectivity index (χ4n) is 2.01. The van der Waals surface area contributed by atoms with Crippen molar-refractivity contribution < 1.29 is 0 Å². The molecule has 5 nitrogen and oxygen atoms in total. The number of rotatable bonds is 1. The lowest BCUT2D eigenvalue weighted by Gasteiger charge is -2.03. The molecule has 0 aliphatic heterocycles. The van der Waals surface area contributed by atoms with E-state index in [2.05, 4.69) is 14.6 Å². The Morgan fingerprint density at radius 2 is 2.14 bits per heavy atom. The van der Waals surface area contributed by atoms with Crippen molar-refractivity contribution in [1.82, 2.24) is 19.3 Å². The minimum Gasteiger partial charge on any atom is -0.369 e. The first-order valence-electron chi connectivity index (χ1n) is 4.85. The Bertz CT molecular complexity index is 503. The maximum Gasteiger partial charge on any atom is 0.202 e. The van der Waals surface area contributed by atoms with Crippen molar-refractivity contribution in [3.63, 3.8) is 0 Å². The average molecular weight is 191 g/mol. The molecule has 1 aliphatic rings. The van der Waals surface area contributed by atoms with Crippen LogP contribution in [0.4, 0.5) is 5.95 Å². The molecule has 1 aliphatic carbocycles. The molecule has 74 valence electrons. The van der Waals surface area contributed by atoms with Crippen LogP contribution >= 0.6 is 0 Å². The van der Waals surface area contributed by atoms with E-state index >= 15 is 0 Å². The fourth-order valence-corrected chi connectivity index (χ4v) is 2.01. The molecule has 14 heavy (non-hydrogen) atoms. The summed E-state index contributed by atoms with van der Waals surface area (Å²) in [5.74, 6) is 0.624.